The first kappa shape index (κ1) is 21.6. The molecular weight excluding hydrogens is 353 g/mol. The molecule has 0 bridgehead atoms. The molecule has 1 aromatic carbocycles. The van der Waals surface area contributed by atoms with E-state index in [-0.39, 0.29) is 41.4 Å². The molecule has 0 radical (unpaired) electrons. The van der Waals surface area contributed by atoms with Crippen LogP contribution in [0.1, 0.15) is 24.9 Å². The second kappa shape index (κ2) is 9.68. The molecular formula is C15H21Cl3F2N2. The molecule has 1 saturated heterocycles. The van der Waals surface area contributed by atoms with Crippen LogP contribution in [0.5, 0.6) is 0 Å². The summed E-state index contributed by atoms with van der Waals surface area (Å²) in [6.45, 7) is 9.02. The summed E-state index contributed by atoms with van der Waals surface area (Å²) in [5, 5.41) is 3.13. The van der Waals surface area contributed by atoms with Crippen molar-refractivity contribution in [2.75, 3.05) is 26.2 Å². The minimum atomic E-state index is -0.579. The summed E-state index contributed by atoms with van der Waals surface area (Å²) in [6.07, 6.45) is 0.570. The van der Waals surface area contributed by atoms with Gasteiger partial charge in [-0.1, -0.05) is 17.2 Å². The SMILES string of the molecule is C=C(C)C[C@@H](c1c(F)ccc(F)c1Cl)N1CCNCC1.Cl.Cl. The molecule has 1 heterocycles. The number of hydrogen-bond donors (Lipinski definition) is 1. The third-order valence-electron chi connectivity index (χ3n) is 3.55. The average Bonchev–Trinajstić information content (AvgIpc) is 2.43. The molecule has 0 spiro atoms. The lowest BCUT2D eigenvalue weighted by molar-refractivity contribution is 0.169. The maximum Gasteiger partial charge on any atom is 0.142 e. The normalized spacial score (nSPS) is 16.4. The van der Waals surface area contributed by atoms with Gasteiger partial charge in [-0.15, -0.1) is 31.4 Å². The topological polar surface area (TPSA) is 15.3 Å². The minimum Gasteiger partial charge on any atom is -0.314 e. The van der Waals surface area contributed by atoms with Gasteiger partial charge in [-0.2, -0.15) is 0 Å². The van der Waals surface area contributed by atoms with Crippen LogP contribution in [-0.2, 0) is 0 Å². The van der Waals surface area contributed by atoms with E-state index in [0.717, 1.165) is 43.9 Å². The second-order valence-corrected chi connectivity index (χ2v) is 5.60. The van der Waals surface area contributed by atoms with Gasteiger partial charge in [0.1, 0.15) is 11.6 Å². The van der Waals surface area contributed by atoms with Gasteiger partial charge in [0.25, 0.3) is 0 Å². The largest absolute Gasteiger partial charge is 0.314 e. The first-order valence-electron chi connectivity index (χ1n) is 6.73. The smallest absolute Gasteiger partial charge is 0.142 e. The Labute approximate surface area is 147 Å². The van der Waals surface area contributed by atoms with Gasteiger partial charge in [-0.05, 0) is 25.5 Å². The molecule has 2 rings (SSSR count). The van der Waals surface area contributed by atoms with Gasteiger partial charge in [0, 0.05) is 37.8 Å². The zero-order valence-electron chi connectivity index (χ0n) is 12.4. The molecule has 1 fully saturated rings. The highest BCUT2D eigenvalue weighted by Gasteiger charge is 2.28. The van der Waals surface area contributed by atoms with Gasteiger partial charge in [-0.25, -0.2) is 8.78 Å². The first-order valence-corrected chi connectivity index (χ1v) is 7.11. The zero-order chi connectivity index (χ0) is 14.7. The van der Waals surface area contributed by atoms with Crippen LogP contribution in [0.2, 0.25) is 5.02 Å². The highest BCUT2D eigenvalue weighted by atomic mass is 35.5. The fourth-order valence-corrected chi connectivity index (χ4v) is 2.87. The van der Waals surface area contributed by atoms with E-state index in [1.807, 2.05) is 6.92 Å². The van der Waals surface area contributed by atoms with Crippen molar-refractivity contribution in [3.63, 3.8) is 0 Å². The summed E-state index contributed by atoms with van der Waals surface area (Å²) in [6, 6.07) is 1.94. The Kier molecular flexibility index (Phi) is 9.51. The Morgan fingerprint density at radius 2 is 1.82 bits per heavy atom. The molecule has 1 atom stereocenters. The summed E-state index contributed by atoms with van der Waals surface area (Å²) < 4.78 is 27.8. The lowest BCUT2D eigenvalue weighted by Crippen LogP contribution is -2.45. The van der Waals surface area contributed by atoms with Crippen molar-refractivity contribution in [1.82, 2.24) is 10.2 Å². The molecule has 0 aliphatic carbocycles. The third-order valence-corrected chi connectivity index (χ3v) is 3.93. The highest BCUT2D eigenvalue weighted by Crippen LogP contribution is 2.35. The minimum absolute atomic E-state index is 0. The predicted octanol–water partition coefficient (Wildman–Crippen LogP) is 4.37. The fourth-order valence-electron chi connectivity index (χ4n) is 2.59. The summed E-state index contributed by atoms with van der Waals surface area (Å²) in [7, 11) is 0. The van der Waals surface area contributed by atoms with Gasteiger partial charge in [0.15, 0.2) is 0 Å². The molecule has 7 heteroatoms. The van der Waals surface area contributed by atoms with E-state index < -0.39 is 11.6 Å². The lowest BCUT2D eigenvalue weighted by Gasteiger charge is -2.36. The van der Waals surface area contributed by atoms with Crippen LogP contribution in [-0.4, -0.2) is 31.1 Å². The molecule has 1 aliphatic heterocycles. The van der Waals surface area contributed by atoms with Gasteiger partial charge in [-0.3, -0.25) is 4.90 Å². The molecule has 1 aromatic rings. The Morgan fingerprint density at radius 1 is 1.27 bits per heavy atom. The second-order valence-electron chi connectivity index (χ2n) is 5.22. The maximum absolute atomic E-state index is 14.2. The van der Waals surface area contributed by atoms with E-state index in [9.17, 15) is 8.78 Å². The average molecular weight is 374 g/mol. The third kappa shape index (κ3) is 5.07. The number of rotatable bonds is 4. The van der Waals surface area contributed by atoms with Crippen LogP contribution in [0, 0.1) is 11.6 Å². The van der Waals surface area contributed by atoms with E-state index in [1.165, 1.54) is 0 Å². The molecule has 0 saturated carbocycles. The van der Waals surface area contributed by atoms with E-state index in [0.29, 0.717) is 6.42 Å². The van der Waals surface area contributed by atoms with Crippen molar-refractivity contribution < 1.29 is 8.78 Å². The number of halogens is 5. The Balaban J connectivity index is 0.00000220. The summed E-state index contributed by atoms with van der Waals surface area (Å²) in [5.41, 5.74) is 1.17. The number of nitrogens with zero attached hydrogens (tertiary/aromatic N) is 1. The predicted molar refractivity (Wildman–Crippen MR) is 92.5 cm³/mol. The number of piperazine rings is 1. The Morgan fingerprint density at radius 3 is 2.36 bits per heavy atom. The highest BCUT2D eigenvalue weighted by molar-refractivity contribution is 6.31. The van der Waals surface area contributed by atoms with Crippen LogP contribution in [0.4, 0.5) is 8.78 Å². The zero-order valence-corrected chi connectivity index (χ0v) is 14.8. The lowest BCUT2D eigenvalue weighted by atomic mass is 9.97. The summed E-state index contributed by atoms with van der Waals surface area (Å²) >= 11 is 6.01. The van der Waals surface area contributed by atoms with Crippen LogP contribution in [0.15, 0.2) is 24.3 Å². The van der Waals surface area contributed by atoms with Gasteiger partial charge < -0.3 is 5.32 Å². The molecule has 0 amide bonds. The quantitative estimate of drug-likeness (QED) is 0.622. The van der Waals surface area contributed by atoms with Crippen LogP contribution >= 0.6 is 36.4 Å². The molecule has 1 aliphatic rings. The van der Waals surface area contributed by atoms with Crippen molar-refractivity contribution in [2.24, 2.45) is 0 Å². The number of benzene rings is 1. The van der Waals surface area contributed by atoms with Crippen LogP contribution in [0.25, 0.3) is 0 Å². The van der Waals surface area contributed by atoms with E-state index >= 15 is 0 Å². The van der Waals surface area contributed by atoms with E-state index in [1.54, 1.807) is 0 Å². The Bertz CT molecular complexity index is 506. The van der Waals surface area contributed by atoms with Gasteiger partial charge in [0.2, 0.25) is 0 Å². The molecule has 126 valence electrons. The van der Waals surface area contributed by atoms with Gasteiger partial charge in [0.05, 0.1) is 5.02 Å². The molecule has 0 aromatic heterocycles. The Hall–Kier alpha value is -0.390. The number of nitrogens with one attached hydrogen (secondary N) is 1. The number of hydrogen-bond acceptors (Lipinski definition) is 2. The van der Waals surface area contributed by atoms with Crippen molar-refractivity contribution >= 4 is 36.4 Å². The maximum atomic E-state index is 14.2. The van der Waals surface area contributed by atoms with E-state index in [4.69, 9.17) is 11.6 Å². The monoisotopic (exact) mass is 372 g/mol. The molecule has 2 nitrogen and oxygen atoms in total. The summed E-state index contributed by atoms with van der Waals surface area (Å²) in [4.78, 5) is 2.13. The van der Waals surface area contributed by atoms with Crippen molar-refractivity contribution in [2.45, 2.75) is 19.4 Å². The molecule has 0 unspecified atom stereocenters. The summed E-state index contributed by atoms with van der Waals surface area (Å²) in [5.74, 6) is -1.04. The van der Waals surface area contributed by atoms with Gasteiger partial charge >= 0.3 is 0 Å². The van der Waals surface area contributed by atoms with Crippen molar-refractivity contribution in [3.8, 4) is 0 Å². The van der Waals surface area contributed by atoms with Crippen molar-refractivity contribution in [1.29, 1.82) is 0 Å². The molecule has 1 N–H and O–H groups in total. The van der Waals surface area contributed by atoms with E-state index in [2.05, 4.69) is 16.8 Å². The standard InChI is InChI=1S/C15H19ClF2N2.2ClH/c1-10(2)9-13(20-7-5-19-6-8-20)14-11(17)3-4-12(18)15(14)16;;/h3-4,13,19H,1,5-9H2,2H3;2*1H/t13-;;/m0../s1. The van der Waals surface area contributed by atoms with Crippen LogP contribution in [0.3, 0.4) is 0 Å². The first-order chi connectivity index (χ1) is 9.50. The van der Waals surface area contributed by atoms with Crippen LogP contribution < -0.4 is 5.32 Å². The molecule has 22 heavy (non-hydrogen) atoms. The van der Waals surface area contributed by atoms with Crippen molar-refractivity contribution in [3.05, 3.63) is 46.5 Å². The fraction of sp³-hybridized carbons (Fsp3) is 0.467.